The van der Waals surface area contributed by atoms with Gasteiger partial charge in [0.1, 0.15) is 11.6 Å². The number of halogens is 2. The van der Waals surface area contributed by atoms with Crippen LogP contribution in [0.3, 0.4) is 0 Å². The molecule has 2 heterocycles. The first-order valence-corrected chi connectivity index (χ1v) is 9.33. The van der Waals surface area contributed by atoms with Gasteiger partial charge in [-0.25, -0.2) is 18.6 Å². The number of hydrogen-bond donors (Lipinski definition) is 0. The van der Waals surface area contributed by atoms with Gasteiger partial charge in [0, 0.05) is 5.56 Å². The van der Waals surface area contributed by atoms with Crippen molar-refractivity contribution < 1.29 is 27.6 Å². The molecule has 4 aromatic rings. The van der Waals surface area contributed by atoms with Crippen LogP contribution in [0.15, 0.2) is 53.1 Å². The lowest BCUT2D eigenvalue weighted by molar-refractivity contribution is 0.0475. The maximum Gasteiger partial charge on any atom is 0.339 e. The van der Waals surface area contributed by atoms with Gasteiger partial charge in [0.05, 0.1) is 27.9 Å². The number of pyridine rings is 1. The summed E-state index contributed by atoms with van der Waals surface area (Å²) >= 11 is 0. The normalized spacial score (nSPS) is 11.0. The number of aromatic nitrogens is 2. The van der Waals surface area contributed by atoms with E-state index >= 15 is 0 Å². The van der Waals surface area contributed by atoms with Gasteiger partial charge in [0.25, 0.3) is 5.71 Å². The smallest absolute Gasteiger partial charge is 0.339 e. The van der Waals surface area contributed by atoms with E-state index in [1.165, 1.54) is 6.07 Å². The maximum absolute atomic E-state index is 13.8. The molecule has 2 aromatic heterocycles. The Labute approximate surface area is 175 Å². The van der Waals surface area contributed by atoms with Crippen molar-refractivity contribution in [1.29, 1.82) is 0 Å². The molecule has 0 atom stereocenters. The summed E-state index contributed by atoms with van der Waals surface area (Å²) < 4.78 is 37.5. The average molecular weight is 422 g/mol. The van der Waals surface area contributed by atoms with Crippen molar-refractivity contribution in [3.8, 4) is 11.3 Å². The number of ether oxygens (including phenoxy) is 1. The zero-order chi connectivity index (χ0) is 22.1. The van der Waals surface area contributed by atoms with Crippen molar-refractivity contribution in [3.05, 3.63) is 82.5 Å². The Balaban J connectivity index is 1.65. The van der Waals surface area contributed by atoms with Gasteiger partial charge >= 0.3 is 5.97 Å². The average Bonchev–Trinajstić information content (AvgIpc) is 3.14. The largest absolute Gasteiger partial charge is 0.454 e. The molecule has 0 aliphatic heterocycles. The molecule has 31 heavy (non-hydrogen) atoms. The second-order valence-corrected chi connectivity index (χ2v) is 6.99. The summed E-state index contributed by atoms with van der Waals surface area (Å²) in [4.78, 5) is 29.4. The number of rotatable bonds is 5. The van der Waals surface area contributed by atoms with Crippen LogP contribution in [0.1, 0.15) is 32.0 Å². The SMILES string of the molecule is Cc1ccc(-c2cc(C(=O)OCC(=O)c3cc(F)ccc3F)c3c(C)noc3n2)cc1. The minimum absolute atomic E-state index is 0.104. The summed E-state index contributed by atoms with van der Waals surface area (Å²) in [5.74, 6) is -3.37. The number of Topliss-reactive ketones (excluding diaryl/α,β-unsaturated/α-hetero) is 1. The third-order valence-corrected chi connectivity index (χ3v) is 4.75. The Bertz CT molecular complexity index is 1310. The second-order valence-electron chi connectivity index (χ2n) is 6.99. The number of fused-ring (bicyclic) bond motifs is 1. The number of carbonyl (C=O) groups is 2. The molecule has 0 saturated heterocycles. The van der Waals surface area contributed by atoms with Crippen LogP contribution in [0.2, 0.25) is 0 Å². The number of nitrogens with zero attached hydrogens (tertiary/aromatic N) is 2. The van der Waals surface area contributed by atoms with Crippen LogP contribution in [0.25, 0.3) is 22.4 Å². The number of aryl methyl sites for hydroxylation is 2. The van der Waals surface area contributed by atoms with E-state index in [-0.39, 0.29) is 11.3 Å². The first kappa shape index (κ1) is 20.3. The molecule has 4 rings (SSSR count). The summed E-state index contributed by atoms with van der Waals surface area (Å²) in [5, 5.41) is 4.20. The number of benzene rings is 2. The van der Waals surface area contributed by atoms with Crippen LogP contribution in [0.4, 0.5) is 8.78 Å². The summed E-state index contributed by atoms with van der Waals surface area (Å²) in [6.45, 7) is 2.83. The molecule has 8 heteroatoms. The quantitative estimate of drug-likeness (QED) is 0.339. The van der Waals surface area contributed by atoms with Crippen molar-refractivity contribution in [3.63, 3.8) is 0 Å². The van der Waals surface area contributed by atoms with Crippen LogP contribution in [-0.4, -0.2) is 28.5 Å². The molecule has 6 nitrogen and oxygen atoms in total. The molecule has 0 aliphatic carbocycles. The maximum atomic E-state index is 13.8. The Morgan fingerprint density at radius 3 is 2.48 bits per heavy atom. The molecule has 0 fully saturated rings. The van der Waals surface area contributed by atoms with Gasteiger partial charge in [-0.15, -0.1) is 0 Å². The monoisotopic (exact) mass is 422 g/mol. The van der Waals surface area contributed by atoms with Crippen LogP contribution in [-0.2, 0) is 4.74 Å². The van der Waals surface area contributed by atoms with Gasteiger partial charge in [0.15, 0.2) is 6.61 Å². The molecule has 0 aliphatic rings. The van der Waals surface area contributed by atoms with E-state index < -0.39 is 35.6 Å². The molecule has 0 amide bonds. The second kappa shape index (κ2) is 8.06. The van der Waals surface area contributed by atoms with Crippen molar-refractivity contribution in [1.82, 2.24) is 10.1 Å². The number of hydrogen-bond acceptors (Lipinski definition) is 6. The van der Waals surface area contributed by atoms with E-state index in [0.29, 0.717) is 16.8 Å². The topological polar surface area (TPSA) is 82.3 Å². The lowest BCUT2D eigenvalue weighted by Crippen LogP contribution is -2.16. The van der Waals surface area contributed by atoms with Crippen molar-refractivity contribution in [2.75, 3.05) is 6.61 Å². The zero-order valence-corrected chi connectivity index (χ0v) is 16.6. The minimum atomic E-state index is -0.898. The highest BCUT2D eigenvalue weighted by atomic mass is 19.1. The Kier molecular flexibility index (Phi) is 5.29. The summed E-state index contributed by atoms with van der Waals surface area (Å²) in [5.41, 5.74) is 2.44. The highest BCUT2D eigenvalue weighted by molar-refractivity contribution is 6.06. The molecular weight excluding hydrogens is 406 g/mol. The van der Waals surface area contributed by atoms with E-state index in [9.17, 15) is 18.4 Å². The zero-order valence-electron chi connectivity index (χ0n) is 16.6. The van der Waals surface area contributed by atoms with E-state index in [2.05, 4.69) is 10.1 Å². The molecule has 0 unspecified atom stereocenters. The fourth-order valence-electron chi connectivity index (χ4n) is 3.13. The predicted molar refractivity (Wildman–Crippen MR) is 108 cm³/mol. The van der Waals surface area contributed by atoms with Gasteiger partial charge in [0.2, 0.25) is 5.78 Å². The highest BCUT2D eigenvalue weighted by Crippen LogP contribution is 2.28. The van der Waals surface area contributed by atoms with Gasteiger partial charge in [-0.2, -0.15) is 0 Å². The van der Waals surface area contributed by atoms with Gasteiger partial charge in [-0.3, -0.25) is 4.79 Å². The molecule has 0 spiro atoms. The van der Waals surface area contributed by atoms with Crippen molar-refractivity contribution in [2.24, 2.45) is 0 Å². The van der Waals surface area contributed by atoms with E-state index in [4.69, 9.17) is 9.26 Å². The number of ketones is 1. The lowest BCUT2D eigenvalue weighted by atomic mass is 10.0. The highest BCUT2D eigenvalue weighted by Gasteiger charge is 2.22. The molecule has 2 aromatic carbocycles. The Hall–Kier alpha value is -3.94. The van der Waals surface area contributed by atoms with Crippen molar-refractivity contribution >= 4 is 22.9 Å². The summed E-state index contributed by atoms with van der Waals surface area (Å²) in [6, 6.07) is 11.5. The van der Waals surface area contributed by atoms with Crippen LogP contribution >= 0.6 is 0 Å². The van der Waals surface area contributed by atoms with Gasteiger partial charge < -0.3 is 9.26 Å². The van der Waals surface area contributed by atoms with Crippen LogP contribution in [0, 0.1) is 25.5 Å². The summed E-state index contributed by atoms with van der Waals surface area (Å²) in [7, 11) is 0. The van der Waals surface area contributed by atoms with Crippen molar-refractivity contribution in [2.45, 2.75) is 13.8 Å². The Morgan fingerprint density at radius 1 is 1.00 bits per heavy atom. The third-order valence-electron chi connectivity index (χ3n) is 4.75. The molecule has 156 valence electrons. The standard InChI is InChI=1S/C23H16F2N2O4/c1-12-3-5-14(6-4-12)19-10-17(21-13(2)27-31-22(21)26-19)23(29)30-11-20(28)16-9-15(24)7-8-18(16)25/h3-10H,11H2,1-2H3. The number of carbonyl (C=O) groups excluding carboxylic acids is 2. The molecular formula is C23H16F2N2O4. The van der Waals surface area contributed by atoms with Crippen LogP contribution in [0.5, 0.6) is 0 Å². The predicted octanol–water partition coefficient (Wildman–Crippen LogP) is 4.82. The molecule has 0 saturated carbocycles. The summed E-state index contributed by atoms with van der Waals surface area (Å²) in [6.07, 6.45) is 0. The lowest BCUT2D eigenvalue weighted by Gasteiger charge is -2.08. The van der Waals surface area contributed by atoms with E-state index in [1.54, 1.807) is 6.92 Å². The molecule has 0 radical (unpaired) electrons. The van der Waals surface area contributed by atoms with Crippen LogP contribution < -0.4 is 0 Å². The Morgan fingerprint density at radius 2 is 1.74 bits per heavy atom. The van der Waals surface area contributed by atoms with E-state index in [1.807, 2.05) is 31.2 Å². The van der Waals surface area contributed by atoms with E-state index in [0.717, 1.165) is 29.3 Å². The first-order chi connectivity index (χ1) is 14.8. The molecule has 0 N–H and O–H groups in total. The fraction of sp³-hybridized carbons (Fsp3) is 0.130. The minimum Gasteiger partial charge on any atom is -0.454 e. The third kappa shape index (κ3) is 4.05. The fourth-order valence-corrected chi connectivity index (χ4v) is 3.13. The molecule has 0 bridgehead atoms. The number of esters is 1. The first-order valence-electron chi connectivity index (χ1n) is 9.33. The van der Waals surface area contributed by atoms with Gasteiger partial charge in [-0.05, 0) is 38.1 Å². The van der Waals surface area contributed by atoms with Gasteiger partial charge in [-0.1, -0.05) is 35.0 Å².